The lowest BCUT2D eigenvalue weighted by atomic mass is 10.1. The summed E-state index contributed by atoms with van der Waals surface area (Å²) >= 11 is 8.86. The normalized spacial score (nSPS) is 11.3. The Kier molecular flexibility index (Phi) is 6.67. The van der Waals surface area contributed by atoms with Crippen molar-refractivity contribution in [1.82, 2.24) is 4.57 Å². The van der Waals surface area contributed by atoms with Gasteiger partial charge in [0.05, 0.1) is 12.1 Å². The number of aromatic nitrogens is 1. The van der Waals surface area contributed by atoms with Gasteiger partial charge in [0, 0.05) is 15.5 Å². The molecule has 0 aliphatic rings. The summed E-state index contributed by atoms with van der Waals surface area (Å²) in [6, 6.07) is 22.1. The van der Waals surface area contributed by atoms with Gasteiger partial charge in [0.25, 0.3) is 0 Å². The maximum Gasteiger partial charge on any atom is 0.221 e. The molecule has 1 heterocycles. The fourth-order valence-electron chi connectivity index (χ4n) is 3.62. The second-order valence-corrected chi connectivity index (χ2v) is 8.89. The SMILES string of the molecule is CCc1ccc(NC(=S)N=Nc2c(O)n(Cc3cccc(C)c3)c3ccc(Br)cc23)cc1. The zero-order chi connectivity index (χ0) is 22.7. The Balaban J connectivity index is 1.64. The lowest BCUT2D eigenvalue weighted by Gasteiger charge is -2.08. The number of hydrogen-bond acceptors (Lipinski definition) is 3. The topological polar surface area (TPSA) is 61.9 Å². The van der Waals surface area contributed by atoms with E-state index in [-0.39, 0.29) is 11.0 Å². The van der Waals surface area contributed by atoms with E-state index in [1.807, 2.05) is 59.2 Å². The molecule has 0 spiro atoms. The summed E-state index contributed by atoms with van der Waals surface area (Å²) in [5.74, 6) is 0.0541. The Morgan fingerprint density at radius 3 is 2.56 bits per heavy atom. The van der Waals surface area contributed by atoms with Crippen LogP contribution in [0.15, 0.2) is 81.4 Å². The molecule has 0 amide bonds. The average molecular weight is 507 g/mol. The standard InChI is InChI=1S/C25H23BrN4OS/c1-3-17-7-10-20(11-8-17)27-25(32)29-28-23-21-14-19(26)9-12-22(21)30(24(23)31)15-18-6-4-5-16(2)13-18/h4-14,31H,3,15H2,1-2H3,(H,27,32). The molecule has 0 radical (unpaired) electrons. The maximum atomic E-state index is 11.0. The highest BCUT2D eigenvalue weighted by Gasteiger charge is 2.17. The van der Waals surface area contributed by atoms with Gasteiger partial charge in [-0.25, -0.2) is 0 Å². The average Bonchev–Trinajstić information content (AvgIpc) is 3.03. The molecule has 32 heavy (non-hydrogen) atoms. The van der Waals surface area contributed by atoms with Crippen LogP contribution in [0.25, 0.3) is 10.9 Å². The van der Waals surface area contributed by atoms with Crippen LogP contribution in [0, 0.1) is 6.92 Å². The molecule has 1 aromatic heterocycles. The lowest BCUT2D eigenvalue weighted by molar-refractivity contribution is 0.429. The van der Waals surface area contributed by atoms with Crippen molar-refractivity contribution in [2.24, 2.45) is 10.2 Å². The van der Waals surface area contributed by atoms with Crippen molar-refractivity contribution in [3.05, 3.63) is 87.9 Å². The Hall–Kier alpha value is -3.03. The van der Waals surface area contributed by atoms with Crippen LogP contribution < -0.4 is 5.32 Å². The van der Waals surface area contributed by atoms with Crippen LogP contribution in [0.5, 0.6) is 5.88 Å². The molecular formula is C25H23BrN4OS. The van der Waals surface area contributed by atoms with Crippen molar-refractivity contribution >= 4 is 55.5 Å². The summed E-state index contributed by atoms with van der Waals surface area (Å²) in [4.78, 5) is 0. The molecule has 7 heteroatoms. The number of nitrogens with one attached hydrogen (secondary N) is 1. The number of nitrogens with zero attached hydrogens (tertiary/aromatic N) is 3. The molecule has 0 atom stereocenters. The molecule has 3 aromatic carbocycles. The molecule has 0 saturated carbocycles. The largest absolute Gasteiger partial charge is 0.493 e. The summed E-state index contributed by atoms with van der Waals surface area (Å²) in [6.07, 6.45) is 0.978. The number of anilines is 1. The van der Waals surface area contributed by atoms with E-state index < -0.39 is 0 Å². The number of aryl methyl sites for hydroxylation is 2. The van der Waals surface area contributed by atoms with Crippen molar-refractivity contribution < 1.29 is 5.11 Å². The number of halogens is 1. The van der Waals surface area contributed by atoms with Gasteiger partial charge < -0.3 is 15.0 Å². The van der Waals surface area contributed by atoms with Gasteiger partial charge in [-0.1, -0.05) is 64.8 Å². The number of azo groups is 1. The molecule has 0 unspecified atom stereocenters. The number of aromatic hydroxyl groups is 1. The lowest BCUT2D eigenvalue weighted by Crippen LogP contribution is -2.04. The zero-order valence-corrected chi connectivity index (χ0v) is 20.2. The fraction of sp³-hybridized carbons (Fsp3) is 0.160. The van der Waals surface area contributed by atoms with E-state index in [9.17, 15) is 5.11 Å². The van der Waals surface area contributed by atoms with Gasteiger partial charge in [-0.3, -0.25) is 0 Å². The summed E-state index contributed by atoms with van der Waals surface area (Å²) in [6.45, 7) is 4.69. The van der Waals surface area contributed by atoms with Crippen LogP contribution in [-0.4, -0.2) is 14.8 Å². The van der Waals surface area contributed by atoms with Gasteiger partial charge in [-0.05, 0) is 67.0 Å². The predicted molar refractivity (Wildman–Crippen MR) is 138 cm³/mol. The van der Waals surface area contributed by atoms with E-state index in [1.165, 1.54) is 11.1 Å². The highest BCUT2D eigenvalue weighted by atomic mass is 79.9. The molecule has 162 valence electrons. The van der Waals surface area contributed by atoms with Crippen LogP contribution in [0.2, 0.25) is 0 Å². The van der Waals surface area contributed by atoms with Gasteiger partial charge in [0.2, 0.25) is 11.0 Å². The third-order valence-electron chi connectivity index (χ3n) is 5.25. The summed E-state index contributed by atoms with van der Waals surface area (Å²) in [5, 5.41) is 23.6. The van der Waals surface area contributed by atoms with Crippen molar-refractivity contribution in [3.8, 4) is 5.88 Å². The molecule has 0 bridgehead atoms. The molecule has 4 rings (SSSR count). The van der Waals surface area contributed by atoms with Gasteiger partial charge >= 0.3 is 0 Å². The molecule has 0 fully saturated rings. The summed E-state index contributed by atoms with van der Waals surface area (Å²) < 4.78 is 2.73. The third kappa shape index (κ3) is 4.89. The second-order valence-electron chi connectivity index (χ2n) is 7.59. The summed E-state index contributed by atoms with van der Waals surface area (Å²) in [7, 11) is 0. The number of fused-ring (bicyclic) bond motifs is 1. The van der Waals surface area contributed by atoms with Gasteiger partial charge in [-0.2, -0.15) is 0 Å². The van der Waals surface area contributed by atoms with Crippen LogP contribution in [-0.2, 0) is 13.0 Å². The second kappa shape index (κ2) is 9.63. The van der Waals surface area contributed by atoms with Crippen molar-refractivity contribution in [1.29, 1.82) is 0 Å². The predicted octanol–water partition coefficient (Wildman–Crippen LogP) is 7.51. The Morgan fingerprint density at radius 2 is 1.84 bits per heavy atom. The van der Waals surface area contributed by atoms with Gasteiger partial charge in [0.1, 0.15) is 0 Å². The van der Waals surface area contributed by atoms with E-state index in [1.54, 1.807) is 0 Å². The summed E-state index contributed by atoms with van der Waals surface area (Å²) in [5.41, 5.74) is 5.62. The monoisotopic (exact) mass is 506 g/mol. The van der Waals surface area contributed by atoms with Gasteiger partial charge in [0.15, 0.2) is 5.69 Å². The molecule has 0 aliphatic carbocycles. The van der Waals surface area contributed by atoms with Gasteiger partial charge in [-0.15, -0.1) is 10.2 Å². The Morgan fingerprint density at radius 1 is 1.06 bits per heavy atom. The highest BCUT2D eigenvalue weighted by Crippen LogP contribution is 2.40. The first kappa shape index (κ1) is 22.2. The minimum absolute atomic E-state index is 0.0541. The quantitative estimate of drug-likeness (QED) is 0.217. The fourth-order valence-corrected chi connectivity index (χ4v) is 4.13. The maximum absolute atomic E-state index is 11.0. The first-order valence-electron chi connectivity index (χ1n) is 10.3. The zero-order valence-electron chi connectivity index (χ0n) is 17.8. The highest BCUT2D eigenvalue weighted by molar-refractivity contribution is 9.10. The molecular weight excluding hydrogens is 484 g/mol. The van der Waals surface area contributed by atoms with E-state index in [4.69, 9.17) is 12.2 Å². The van der Waals surface area contributed by atoms with E-state index in [0.717, 1.165) is 33.0 Å². The van der Waals surface area contributed by atoms with Crippen molar-refractivity contribution in [2.45, 2.75) is 26.8 Å². The third-order valence-corrected chi connectivity index (χ3v) is 5.93. The van der Waals surface area contributed by atoms with Crippen LogP contribution in [0.3, 0.4) is 0 Å². The smallest absolute Gasteiger partial charge is 0.221 e. The molecule has 0 aliphatic heterocycles. The van der Waals surface area contributed by atoms with Crippen molar-refractivity contribution in [2.75, 3.05) is 5.32 Å². The Bertz CT molecular complexity index is 1310. The molecule has 5 nitrogen and oxygen atoms in total. The number of hydrogen-bond donors (Lipinski definition) is 2. The first-order chi connectivity index (χ1) is 15.4. The number of benzene rings is 3. The number of rotatable bonds is 5. The van der Waals surface area contributed by atoms with Crippen LogP contribution >= 0.6 is 28.1 Å². The van der Waals surface area contributed by atoms with Crippen LogP contribution in [0.1, 0.15) is 23.6 Å². The van der Waals surface area contributed by atoms with E-state index in [0.29, 0.717) is 12.2 Å². The Labute approximate surface area is 200 Å². The first-order valence-corrected chi connectivity index (χ1v) is 11.5. The minimum Gasteiger partial charge on any atom is -0.493 e. The van der Waals surface area contributed by atoms with Crippen LogP contribution in [0.4, 0.5) is 11.4 Å². The molecule has 0 saturated heterocycles. The molecule has 2 N–H and O–H groups in total. The number of thiocarbonyl (C=S) groups is 1. The molecule has 4 aromatic rings. The minimum atomic E-state index is 0.0541. The van der Waals surface area contributed by atoms with E-state index >= 15 is 0 Å². The van der Waals surface area contributed by atoms with E-state index in [2.05, 4.69) is 57.5 Å². The van der Waals surface area contributed by atoms with Crippen molar-refractivity contribution in [3.63, 3.8) is 0 Å².